The zero-order valence-electron chi connectivity index (χ0n) is 14.2. The molecule has 3 heterocycles. The van der Waals surface area contributed by atoms with Crippen LogP contribution < -0.4 is 0 Å². The summed E-state index contributed by atoms with van der Waals surface area (Å²) in [4.78, 5) is 44.2. The van der Waals surface area contributed by atoms with E-state index >= 15 is 0 Å². The van der Waals surface area contributed by atoms with Crippen LogP contribution in [0.4, 0.5) is 4.79 Å². The van der Waals surface area contributed by atoms with E-state index in [0.29, 0.717) is 25.9 Å². The highest BCUT2D eigenvalue weighted by Crippen LogP contribution is 2.36. The van der Waals surface area contributed by atoms with Crippen LogP contribution in [-0.4, -0.2) is 89.3 Å². The minimum Gasteiger partial charge on any atom is -0.341 e. The Morgan fingerprint density at radius 3 is 2.35 bits per heavy atom. The summed E-state index contributed by atoms with van der Waals surface area (Å²) in [5, 5.41) is 0. The number of likely N-dealkylation sites (tertiary alicyclic amines) is 2. The second-order valence-corrected chi connectivity index (χ2v) is 6.85. The highest BCUT2D eigenvalue weighted by molar-refractivity contribution is 6.06. The van der Waals surface area contributed by atoms with Crippen LogP contribution in [0, 0.1) is 0 Å². The van der Waals surface area contributed by atoms with Crippen molar-refractivity contribution in [2.45, 2.75) is 44.2 Å². The summed E-state index contributed by atoms with van der Waals surface area (Å²) in [5.74, 6) is 0.0557. The zero-order valence-corrected chi connectivity index (χ0v) is 14.2. The van der Waals surface area contributed by atoms with E-state index in [9.17, 15) is 14.4 Å². The molecule has 0 radical (unpaired) electrons. The number of piperidine rings is 1. The molecule has 0 aromatic rings. The number of hydrogen-bond donors (Lipinski definition) is 0. The molecular formula is C16H26N4O3. The lowest BCUT2D eigenvalue weighted by Gasteiger charge is -2.42. The van der Waals surface area contributed by atoms with Gasteiger partial charge in [-0.1, -0.05) is 6.92 Å². The predicted molar refractivity (Wildman–Crippen MR) is 84.7 cm³/mol. The Hall–Kier alpha value is -1.63. The van der Waals surface area contributed by atoms with Crippen molar-refractivity contribution in [2.75, 3.05) is 40.3 Å². The Bertz CT molecular complexity index is 527. The Morgan fingerprint density at radius 2 is 1.83 bits per heavy atom. The highest BCUT2D eigenvalue weighted by atomic mass is 16.2. The van der Waals surface area contributed by atoms with E-state index in [1.54, 1.807) is 11.9 Å². The predicted octanol–water partition coefficient (Wildman–Crippen LogP) is 0.356. The lowest BCUT2D eigenvalue weighted by Crippen LogP contribution is -2.58. The molecule has 0 aromatic carbocycles. The van der Waals surface area contributed by atoms with E-state index in [-0.39, 0.29) is 23.9 Å². The summed E-state index contributed by atoms with van der Waals surface area (Å²) >= 11 is 0. The van der Waals surface area contributed by atoms with Crippen molar-refractivity contribution in [1.29, 1.82) is 0 Å². The van der Waals surface area contributed by atoms with Crippen molar-refractivity contribution >= 4 is 17.8 Å². The fraction of sp³-hybridized carbons (Fsp3) is 0.812. The van der Waals surface area contributed by atoms with Crippen LogP contribution in [0.5, 0.6) is 0 Å². The van der Waals surface area contributed by atoms with Gasteiger partial charge in [-0.25, -0.2) is 4.79 Å². The molecule has 3 rings (SSSR count). The summed E-state index contributed by atoms with van der Waals surface area (Å²) in [6.45, 7) is 5.07. The van der Waals surface area contributed by atoms with E-state index in [1.165, 1.54) is 11.9 Å². The number of carbonyl (C=O) groups excluding carboxylic acids is 3. The van der Waals surface area contributed by atoms with Crippen molar-refractivity contribution in [3.63, 3.8) is 0 Å². The second-order valence-electron chi connectivity index (χ2n) is 6.85. The van der Waals surface area contributed by atoms with Crippen molar-refractivity contribution in [2.24, 2.45) is 0 Å². The molecule has 0 aliphatic carbocycles. The first-order valence-electron chi connectivity index (χ1n) is 8.51. The molecule has 23 heavy (non-hydrogen) atoms. The molecule has 3 aliphatic rings. The van der Waals surface area contributed by atoms with E-state index in [1.807, 2.05) is 4.90 Å². The third-order valence-electron chi connectivity index (χ3n) is 5.88. The van der Waals surface area contributed by atoms with E-state index < -0.39 is 5.54 Å². The smallest absolute Gasteiger partial charge is 0.327 e. The largest absolute Gasteiger partial charge is 0.341 e. The van der Waals surface area contributed by atoms with Gasteiger partial charge < -0.3 is 9.80 Å². The van der Waals surface area contributed by atoms with Gasteiger partial charge in [-0.15, -0.1) is 0 Å². The van der Waals surface area contributed by atoms with Gasteiger partial charge in [-0.05, 0) is 38.8 Å². The van der Waals surface area contributed by atoms with E-state index in [2.05, 4.69) is 11.8 Å². The molecule has 0 bridgehead atoms. The molecule has 4 amide bonds. The molecule has 0 N–H and O–H groups in total. The number of urea groups is 1. The molecule has 7 nitrogen and oxygen atoms in total. The van der Waals surface area contributed by atoms with Crippen LogP contribution in [0.3, 0.4) is 0 Å². The van der Waals surface area contributed by atoms with Gasteiger partial charge in [-0.3, -0.25) is 19.4 Å². The van der Waals surface area contributed by atoms with Gasteiger partial charge in [-0.2, -0.15) is 0 Å². The highest BCUT2D eigenvalue weighted by Gasteiger charge is 2.55. The topological polar surface area (TPSA) is 64.2 Å². The summed E-state index contributed by atoms with van der Waals surface area (Å²) in [6, 6.07) is -0.252. The Kier molecular flexibility index (Phi) is 4.08. The molecule has 128 valence electrons. The van der Waals surface area contributed by atoms with Crippen LogP contribution in [0.15, 0.2) is 0 Å². The van der Waals surface area contributed by atoms with Crippen molar-refractivity contribution in [3.8, 4) is 0 Å². The van der Waals surface area contributed by atoms with Crippen molar-refractivity contribution < 1.29 is 14.4 Å². The number of nitrogens with zero attached hydrogens (tertiary/aromatic N) is 4. The van der Waals surface area contributed by atoms with Crippen molar-refractivity contribution in [3.05, 3.63) is 0 Å². The molecular weight excluding hydrogens is 296 g/mol. The summed E-state index contributed by atoms with van der Waals surface area (Å²) in [6.07, 6.45) is 3.06. The second kappa shape index (κ2) is 5.78. The minimum absolute atomic E-state index is 0.00429. The van der Waals surface area contributed by atoms with Crippen LogP contribution in [-0.2, 0) is 9.59 Å². The van der Waals surface area contributed by atoms with Gasteiger partial charge >= 0.3 is 6.03 Å². The maximum absolute atomic E-state index is 12.8. The van der Waals surface area contributed by atoms with Crippen LogP contribution in [0.2, 0.25) is 0 Å². The molecule has 3 fully saturated rings. The van der Waals surface area contributed by atoms with Gasteiger partial charge in [0, 0.05) is 27.2 Å². The third-order valence-corrected chi connectivity index (χ3v) is 5.88. The minimum atomic E-state index is -0.747. The first-order chi connectivity index (χ1) is 10.9. The quantitative estimate of drug-likeness (QED) is 0.689. The average molecular weight is 322 g/mol. The summed E-state index contributed by atoms with van der Waals surface area (Å²) in [7, 11) is 3.22. The first kappa shape index (κ1) is 16.2. The van der Waals surface area contributed by atoms with Crippen molar-refractivity contribution in [1.82, 2.24) is 19.6 Å². The normalized spacial score (nSPS) is 28.3. The molecule has 1 atom stereocenters. The number of imide groups is 1. The summed E-state index contributed by atoms with van der Waals surface area (Å²) < 4.78 is 0. The van der Waals surface area contributed by atoms with Gasteiger partial charge in [0.25, 0.3) is 5.91 Å². The van der Waals surface area contributed by atoms with E-state index in [0.717, 1.165) is 25.9 Å². The number of carbonyl (C=O) groups is 3. The fourth-order valence-corrected chi connectivity index (χ4v) is 4.29. The number of rotatable bonds is 2. The maximum atomic E-state index is 12.8. The monoisotopic (exact) mass is 322 g/mol. The van der Waals surface area contributed by atoms with Crippen LogP contribution >= 0.6 is 0 Å². The standard InChI is InChI=1S/C16H26N4O3/c1-4-19-9-5-6-12(19)13(21)20-10-7-16(8-11-20)14(22)17(2)15(23)18(16)3/h12H,4-11H2,1-3H3/t12-/m1/s1. The number of likely N-dealkylation sites (N-methyl/N-ethyl adjacent to an activating group) is 3. The SMILES string of the molecule is CCN1CCC[C@@H]1C(=O)N1CCC2(CC1)C(=O)N(C)C(=O)N2C. The number of amides is 4. The third kappa shape index (κ3) is 2.33. The van der Waals surface area contributed by atoms with Crippen LogP contribution in [0.25, 0.3) is 0 Å². The summed E-state index contributed by atoms with van der Waals surface area (Å²) in [5.41, 5.74) is -0.747. The Balaban J connectivity index is 1.68. The molecule has 0 aromatic heterocycles. The van der Waals surface area contributed by atoms with Gasteiger partial charge in [0.15, 0.2) is 0 Å². The number of hydrogen-bond acceptors (Lipinski definition) is 4. The van der Waals surface area contributed by atoms with Gasteiger partial charge in [0.2, 0.25) is 5.91 Å². The van der Waals surface area contributed by atoms with Gasteiger partial charge in [0.05, 0.1) is 6.04 Å². The lowest BCUT2D eigenvalue weighted by atomic mass is 9.86. The van der Waals surface area contributed by atoms with Crippen LogP contribution in [0.1, 0.15) is 32.6 Å². The molecule has 7 heteroatoms. The lowest BCUT2D eigenvalue weighted by molar-refractivity contribution is -0.142. The molecule has 1 spiro atoms. The van der Waals surface area contributed by atoms with E-state index in [4.69, 9.17) is 0 Å². The molecule has 0 unspecified atom stereocenters. The fourth-order valence-electron chi connectivity index (χ4n) is 4.29. The maximum Gasteiger partial charge on any atom is 0.327 e. The molecule has 3 saturated heterocycles. The Labute approximate surface area is 137 Å². The molecule has 0 saturated carbocycles. The zero-order chi connectivity index (χ0) is 16.8. The molecule has 3 aliphatic heterocycles. The average Bonchev–Trinajstić information content (AvgIpc) is 3.11. The van der Waals surface area contributed by atoms with Gasteiger partial charge in [0.1, 0.15) is 5.54 Å². The Morgan fingerprint density at radius 1 is 1.17 bits per heavy atom. The first-order valence-corrected chi connectivity index (χ1v) is 8.51.